The summed E-state index contributed by atoms with van der Waals surface area (Å²) >= 11 is 0. The molecule has 0 saturated heterocycles. The molecule has 0 aromatic heterocycles. The molecule has 20 heavy (non-hydrogen) atoms. The molecular weight excluding hydrogens is 282 g/mol. The molecule has 0 saturated carbocycles. The lowest BCUT2D eigenvalue weighted by molar-refractivity contribution is -0.125. The van der Waals surface area contributed by atoms with Crippen LogP contribution >= 0.6 is 0 Å². The maximum absolute atomic E-state index is 12.1. The van der Waals surface area contributed by atoms with Gasteiger partial charge in [-0.05, 0) is 18.6 Å². The number of anilines is 1. The normalized spacial score (nSPS) is 12.9. The van der Waals surface area contributed by atoms with Gasteiger partial charge in [-0.15, -0.1) is 0 Å². The molecule has 1 aromatic rings. The molecule has 7 nitrogen and oxygen atoms in total. The van der Waals surface area contributed by atoms with E-state index >= 15 is 0 Å². The first kappa shape index (κ1) is 16.4. The van der Waals surface area contributed by atoms with Gasteiger partial charge in [-0.2, -0.15) is 0 Å². The van der Waals surface area contributed by atoms with Crippen molar-refractivity contribution in [1.29, 1.82) is 0 Å². The third-order valence-corrected chi connectivity index (χ3v) is 4.05. The fraction of sp³-hybridized carbons (Fsp3) is 0.417. The van der Waals surface area contributed by atoms with Crippen molar-refractivity contribution in [2.75, 3.05) is 18.4 Å². The van der Waals surface area contributed by atoms with E-state index in [1.807, 2.05) is 6.92 Å². The molecule has 0 aliphatic carbocycles. The first-order valence-electron chi connectivity index (χ1n) is 6.18. The fourth-order valence-electron chi connectivity index (χ4n) is 1.47. The van der Waals surface area contributed by atoms with Crippen LogP contribution < -0.4 is 15.8 Å². The maximum Gasteiger partial charge on any atom is 0.248 e. The molecular formula is C12H19N3O4S. The monoisotopic (exact) mass is 301 g/mol. The molecule has 0 bridgehead atoms. The third-order valence-electron chi connectivity index (χ3n) is 2.53. The van der Waals surface area contributed by atoms with Crippen LogP contribution in [0.4, 0.5) is 5.69 Å². The van der Waals surface area contributed by atoms with E-state index in [2.05, 4.69) is 10.0 Å². The highest BCUT2D eigenvalue weighted by Crippen LogP contribution is 2.20. The number of aliphatic hydroxyl groups excluding tert-OH is 1. The Morgan fingerprint density at radius 1 is 1.40 bits per heavy atom. The average Bonchev–Trinajstić information content (AvgIpc) is 2.42. The zero-order valence-electron chi connectivity index (χ0n) is 11.2. The summed E-state index contributed by atoms with van der Waals surface area (Å²) in [5.74, 6) is -0.873. The number of amides is 1. The van der Waals surface area contributed by atoms with E-state index in [4.69, 9.17) is 5.73 Å². The molecule has 112 valence electrons. The smallest absolute Gasteiger partial charge is 0.248 e. The van der Waals surface area contributed by atoms with Crippen molar-refractivity contribution in [2.45, 2.75) is 24.3 Å². The standard InChI is InChI=1S/C12H19N3O4S/c1-2-7-15-20(18,19)11-6-4-3-5-9(11)14-8-10(16)12(13)17/h3-6,10,14-16H,2,7-8H2,1H3,(H2,13,17). The van der Waals surface area contributed by atoms with E-state index in [0.717, 1.165) is 0 Å². The summed E-state index contributed by atoms with van der Waals surface area (Å²) in [7, 11) is -3.63. The zero-order chi connectivity index (χ0) is 15.2. The Bertz CT molecular complexity index is 560. The Labute approximate surface area is 118 Å². The van der Waals surface area contributed by atoms with Crippen LogP contribution in [0.5, 0.6) is 0 Å². The van der Waals surface area contributed by atoms with Gasteiger partial charge in [0.25, 0.3) is 0 Å². The maximum atomic E-state index is 12.1. The number of para-hydroxylation sites is 1. The van der Waals surface area contributed by atoms with E-state index < -0.39 is 22.0 Å². The van der Waals surface area contributed by atoms with E-state index in [0.29, 0.717) is 18.7 Å². The Kier molecular flexibility index (Phi) is 5.93. The second-order valence-electron chi connectivity index (χ2n) is 4.19. The summed E-state index contributed by atoms with van der Waals surface area (Å²) in [4.78, 5) is 10.8. The zero-order valence-corrected chi connectivity index (χ0v) is 12.0. The first-order chi connectivity index (χ1) is 9.38. The number of aliphatic hydroxyl groups is 1. The summed E-state index contributed by atoms with van der Waals surface area (Å²) in [6.45, 7) is 2.03. The summed E-state index contributed by atoms with van der Waals surface area (Å²) < 4.78 is 26.6. The van der Waals surface area contributed by atoms with Crippen LogP contribution in [0.3, 0.4) is 0 Å². The number of sulfonamides is 1. The summed E-state index contributed by atoms with van der Waals surface area (Å²) in [5.41, 5.74) is 5.23. The Morgan fingerprint density at radius 3 is 2.65 bits per heavy atom. The van der Waals surface area contributed by atoms with Crippen molar-refractivity contribution >= 4 is 21.6 Å². The second kappa shape index (κ2) is 7.22. The number of carbonyl (C=O) groups excluding carboxylic acids is 1. The van der Waals surface area contributed by atoms with E-state index in [1.54, 1.807) is 18.2 Å². The first-order valence-corrected chi connectivity index (χ1v) is 7.66. The van der Waals surface area contributed by atoms with Crippen LogP contribution in [0.15, 0.2) is 29.2 Å². The Balaban J connectivity index is 2.91. The van der Waals surface area contributed by atoms with Crippen molar-refractivity contribution in [3.05, 3.63) is 24.3 Å². The number of rotatable bonds is 8. The molecule has 0 aliphatic heterocycles. The number of nitrogens with two attached hydrogens (primary N) is 1. The van der Waals surface area contributed by atoms with Crippen molar-refractivity contribution in [1.82, 2.24) is 4.72 Å². The fourth-order valence-corrected chi connectivity index (χ4v) is 2.78. The molecule has 0 radical (unpaired) electrons. The molecule has 8 heteroatoms. The highest BCUT2D eigenvalue weighted by molar-refractivity contribution is 7.89. The second-order valence-corrected chi connectivity index (χ2v) is 5.93. The number of nitrogens with one attached hydrogen (secondary N) is 2. The quantitative estimate of drug-likeness (QED) is 0.522. The molecule has 1 aromatic carbocycles. The van der Waals surface area contributed by atoms with Gasteiger partial charge in [0, 0.05) is 13.1 Å². The number of hydrogen-bond acceptors (Lipinski definition) is 5. The van der Waals surface area contributed by atoms with Gasteiger partial charge in [0.05, 0.1) is 5.69 Å². The highest BCUT2D eigenvalue weighted by atomic mass is 32.2. The lowest BCUT2D eigenvalue weighted by Gasteiger charge is -2.14. The molecule has 1 amide bonds. The summed E-state index contributed by atoms with van der Waals surface area (Å²) in [5, 5.41) is 12.0. The van der Waals surface area contributed by atoms with Crippen molar-refractivity contribution in [3.63, 3.8) is 0 Å². The molecule has 1 unspecified atom stereocenters. The van der Waals surface area contributed by atoms with Crippen LogP contribution in [-0.2, 0) is 14.8 Å². The van der Waals surface area contributed by atoms with Gasteiger partial charge in [0.2, 0.25) is 15.9 Å². The predicted octanol–water partition coefficient (Wildman–Crippen LogP) is -0.367. The van der Waals surface area contributed by atoms with E-state index in [9.17, 15) is 18.3 Å². The van der Waals surface area contributed by atoms with Gasteiger partial charge in [-0.1, -0.05) is 19.1 Å². The molecule has 1 atom stereocenters. The van der Waals surface area contributed by atoms with Crippen molar-refractivity contribution in [2.24, 2.45) is 5.73 Å². The van der Waals surface area contributed by atoms with Crippen LogP contribution in [0.1, 0.15) is 13.3 Å². The van der Waals surface area contributed by atoms with Gasteiger partial charge in [0.1, 0.15) is 11.0 Å². The van der Waals surface area contributed by atoms with Gasteiger partial charge in [0.15, 0.2) is 0 Å². The SMILES string of the molecule is CCCNS(=O)(=O)c1ccccc1NCC(O)C(N)=O. The van der Waals surface area contributed by atoms with E-state index in [1.165, 1.54) is 6.07 Å². The van der Waals surface area contributed by atoms with E-state index in [-0.39, 0.29) is 11.4 Å². The lowest BCUT2D eigenvalue weighted by atomic mass is 10.3. The number of primary amides is 1. The molecule has 0 aliphatic rings. The summed E-state index contributed by atoms with van der Waals surface area (Å²) in [6, 6.07) is 6.24. The van der Waals surface area contributed by atoms with Gasteiger partial charge in [-0.3, -0.25) is 4.79 Å². The lowest BCUT2D eigenvalue weighted by Crippen LogP contribution is -2.34. The molecule has 5 N–H and O–H groups in total. The Hall–Kier alpha value is -1.64. The molecule has 1 rings (SSSR count). The average molecular weight is 301 g/mol. The number of carbonyl (C=O) groups is 1. The van der Waals surface area contributed by atoms with Crippen molar-refractivity contribution in [3.8, 4) is 0 Å². The minimum absolute atomic E-state index is 0.0603. The topological polar surface area (TPSA) is 122 Å². The van der Waals surface area contributed by atoms with Gasteiger partial charge < -0.3 is 16.2 Å². The number of benzene rings is 1. The number of hydrogen-bond donors (Lipinski definition) is 4. The van der Waals surface area contributed by atoms with Crippen LogP contribution in [-0.4, -0.2) is 38.6 Å². The van der Waals surface area contributed by atoms with Gasteiger partial charge in [-0.25, -0.2) is 13.1 Å². The molecule has 0 heterocycles. The predicted molar refractivity (Wildman–Crippen MR) is 75.6 cm³/mol. The Morgan fingerprint density at radius 2 is 2.05 bits per heavy atom. The summed E-state index contributed by atoms with van der Waals surface area (Å²) in [6.07, 6.45) is -0.704. The van der Waals surface area contributed by atoms with Crippen LogP contribution in [0, 0.1) is 0 Å². The van der Waals surface area contributed by atoms with Crippen LogP contribution in [0.2, 0.25) is 0 Å². The molecule has 0 fully saturated rings. The highest BCUT2D eigenvalue weighted by Gasteiger charge is 2.18. The van der Waals surface area contributed by atoms with Crippen LogP contribution in [0.25, 0.3) is 0 Å². The largest absolute Gasteiger partial charge is 0.381 e. The minimum Gasteiger partial charge on any atom is -0.381 e. The third kappa shape index (κ3) is 4.48. The molecule has 0 spiro atoms. The van der Waals surface area contributed by atoms with Crippen molar-refractivity contribution < 1.29 is 18.3 Å². The minimum atomic E-state index is -3.63. The van der Waals surface area contributed by atoms with Gasteiger partial charge >= 0.3 is 0 Å².